The summed E-state index contributed by atoms with van der Waals surface area (Å²) in [6, 6.07) is 0. The maximum Gasteiger partial charge on any atom is 0.508 e. The highest BCUT2D eigenvalue weighted by molar-refractivity contribution is 5.59. The van der Waals surface area contributed by atoms with Crippen LogP contribution < -0.4 is 0 Å². The number of hydrogen-bond acceptors (Lipinski definition) is 6. The summed E-state index contributed by atoms with van der Waals surface area (Å²) in [6.07, 6.45) is 0.531. The molecule has 114 valence electrons. The van der Waals surface area contributed by atoms with Crippen LogP contribution in [0.1, 0.15) is 26.7 Å². The zero-order valence-electron chi connectivity index (χ0n) is 12.0. The molecule has 0 spiro atoms. The number of carbonyl (C=O) groups excluding carboxylic acids is 1. The molecule has 0 fully saturated rings. The molecule has 0 aliphatic heterocycles. The van der Waals surface area contributed by atoms with Gasteiger partial charge in [0.1, 0.15) is 0 Å². The van der Waals surface area contributed by atoms with Gasteiger partial charge in [-0.05, 0) is 25.9 Å². The number of nitrogens with zero attached hydrogens (tertiary/aromatic N) is 1. The second-order valence-electron chi connectivity index (χ2n) is 4.35. The van der Waals surface area contributed by atoms with Crippen molar-refractivity contribution in [2.24, 2.45) is 5.92 Å². The van der Waals surface area contributed by atoms with Crippen molar-refractivity contribution in [2.75, 3.05) is 46.1 Å². The number of aliphatic hydroxyl groups is 2. The fraction of sp³-hybridized carbons (Fsp3) is 0.923. The molecule has 0 amide bonds. The van der Waals surface area contributed by atoms with Gasteiger partial charge in [0.25, 0.3) is 0 Å². The van der Waals surface area contributed by atoms with Gasteiger partial charge in [0.2, 0.25) is 0 Å². The van der Waals surface area contributed by atoms with E-state index in [1.165, 1.54) is 0 Å². The molecule has 0 aliphatic carbocycles. The molecule has 0 aliphatic rings. The molecular weight excluding hydrogens is 250 g/mol. The van der Waals surface area contributed by atoms with Gasteiger partial charge >= 0.3 is 6.16 Å². The predicted molar refractivity (Wildman–Crippen MR) is 72.0 cm³/mol. The monoisotopic (exact) mass is 277 g/mol. The highest BCUT2D eigenvalue weighted by Gasteiger charge is 2.09. The fourth-order valence-electron chi connectivity index (χ4n) is 1.57. The van der Waals surface area contributed by atoms with Crippen molar-refractivity contribution in [3.63, 3.8) is 0 Å². The van der Waals surface area contributed by atoms with E-state index < -0.39 is 6.16 Å². The van der Waals surface area contributed by atoms with E-state index in [1.54, 1.807) is 0 Å². The van der Waals surface area contributed by atoms with E-state index in [-0.39, 0.29) is 25.7 Å². The van der Waals surface area contributed by atoms with Gasteiger partial charge in [-0.1, -0.05) is 13.8 Å². The van der Waals surface area contributed by atoms with E-state index in [1.807, 2.05) is 0 Å². The lowest BCUT2D eigenvalue weighted by molar-refractivity contribution is 0.0420. The molecule has 19 heavy (non-hydrogen) atoms. The minimum Gasteiger partial charge on any atom is -0.434 e. The van der Waals surface area contributed by atoms with Crippen molar-refractivity contribution in [1.29, 1.82) is 0 Å². The first-order valence-electron chi connectivity index (χ1n) is 6.91. The van der Waals surface area contributed by atoms with Crippen molar-refractivity contribution < 1.29 is 24.5 Å². The highest BCUT2D eigenvalue weighted by atomic mass is 16.7. The Labute approximate surface area is 115 Å². The molecule has 0 aromatic rings. The summed E-state index contributed by atoms with van der Waals surface area (Å²) in [5.74, 6) is -0.240. The summed E-state index contributed by atoms with van der Waals surface area (Å²) < 4.78 is 9.76. The first kappa shape index (κ1) is 18.1. The first-order chi connectivity index (χ1) is 9.17. The smallest absolute Gasteiger partial charge is 0.434 e. The highest BCUT2D eigenvalue weighted by Crippen LogP contribution is 2.01. The van der Waals surface area contributed by atoms with E-state index in [4.69, 9.17) is 19.7 Å². The van der Waals surface area contributed by atoms with Gasteiger partial charge in [-0.2, -0.15) is 0 Å². The second-order valence-corrected chi connectivity index (χ2v) is 4.35. The number of hydrogen-bond donors (Lipinski definition) is 2. The van der Waals surface area contributed by atoms with E-state index in [0.717, 1.165) is 26.1 Å². The Morgan fingerprint density at radius 3 is 2.21 bits per heavy atom. The van der Waals surface area contributed by atoms with Crippen LogP contribution in [0.15, 0.2) is 0 Å². The molecule has 6 heteroatoms. The van der Waals surface area contributed by atoms with Crippen LogP contribution in [-0.2, 0) is 9.47 Å². The summed E-state index contributed by atoms with van der Waals surface area (Å²) in [5.41, 5.74) is 0. The molecule has 0 heterocycles. The number of rotatable bonds is 11. The Morgan fingerprint density at radius 2 is 1.68 bits per heavy atom. The Balaban J connectivity index is 3.49. The van der Waals surface area contributed by atoms with Crippen LogP contribution in [0.4, 0.5) is 4.79 Å². The van der Waals surface area contributed by atoms with Crippen LogP contribution in [-0.4, -0.2) is 67.3 Å². The van der Waals surface area contributed by atoms with E-state index in [0.29, 0.717) is 13.0 Å². The summed E-state index contributed by atoms with van der Waals surface area (Å²) in [4.78, 5) is 13.5. The Hall–Kier alpha value is -0.850. The maximum absolute atomic E-state index is 11.2. The molecule has 0 saturated carbocycles. The second kappa shape index (κ2) is 12.2. The van der Waals surface area contributed by atoms with E-state index >= 15 is 0 Å². The van der Waals surface area contributed by atoms with Crippen molar-refractivity contribution in [3.8, 4) is 0 Å². The van der Waals surface area contributed by atoms with E-state index in [2.05, 4.69) is 18.7 Å². The normalized spacial score (nSPS) is 11.1. The topological polar surface area (TPSA) is 79.2 Å². The van der Waals surface area contributed by atoms with Crippen LogP contribution in [0, 0.1) is 5.92 Å². The van der Waals surface area contributed by atoms with Gasteiger partial charge in [0.15, 0.2) is 0 Å². The Kier molecular flexibility index (Phi) is 11.7. The maximum atomic E-state index is 11.2. The van der Waals surface area contributed by atoms with Gasteiger partial charge in [-0.15, -0.1) is 0 Å². The number of aliphatic hydroxyl groups excluding tert-OH is 2. The average molecular weight is 277 g/mol. The summed E-state index contributed by atoms with van der Waals surface area (Å²) in [7, 11) is 0. The standard InChI is InChI=1S/C13H27NO5/c1-3-14(4-2)7-5-8-18-13(17)19-9-6-12(10-15)11-16/h12,15-16H,3-11H2,1-2H3. The minimum atomic E-state index is -0.686. The van der Waals surface area contributed by atoms with Crippen molar-refractivity contribution in [2.45, 2.75) is 26.7 Å². The molecule has 0 aromatic heterocycles. The molecule has 0 aromatic carbocycles. The van der Waals surface area contributed by atoms with Crippen molar-refractivity contribution >= 4 is 6.16 Å². The predicted octanol–water partition coefficient (Wildman–Crippen LogP) is 0.862. The lowest BCUT2D eigenvalue weighted by atomic mass is 10.1. The quantitative estimate of drug-likeness (QED) is 0.431. The third-order valence-electron chi connectivity index (χ3n) is 3.00. The van der Waals surface area contributed by atoms with Gasteiger partial charge < -0.3 is 24.6 Å². The molecule has 2 N–H and O–H groups in total. The summed E-state index contributed by atoms with van der Waals surface area (Å²) in [5, 5.41) is 17.7. The van der Waals surface area contributed by atoms with Crippen LogP contribution >= 0.6 is 0 Å². The largest absolute Gasteiger partial charge is 0.508 e. The zero-order valence-corrected chi connectivity index (χ0v) is 12.0. The van der Waals surface area contributed by atoms with Crippen molar-refractivity contribution in [3.05, 3.63) is 0 Å². The molecule has 0 bridgehead atoms. The van der Waals surface area contributed by atoms with E-state index in [9.17, 15) is 4.79 Å². The summed E-state index contributed by atoms with van der Waals surface area (Å²) >= 11 is 0. The lowest BCUT2D eigenvalue weighted by Crippen LogP contribution is -2.25. The summed E-state index contributed by atoms with van der Waals surface area (Å²) in [6.45, 7) is 7.35. The van der Waals surface area contributed by atoms with Crippen molar-refractivity contribution in [1.82, 2.24) is 4.90 Å². The SMILES string of the molecule is CCN(CC)CCCOC(=O)OCCC(CO)CO. The fourth-order valence-corrected chi connectivity index (χ4v) is 1.57. The van der Waals surface area contributed by atoms with Gasteiger partial charge in [0, 0.05) is 25.7 Å². The van der Waals surface area contributed by atoms with Gasteiger partial charge in [0.05, 0.1) is 13.2 Å². The van der Waals surface area contributed by atoms with Crippen LogP contribution in [0.2, 0.25) is 0 Å². The van der Waals surface area contributed by atoms with Gasteiger partial charge in [-0.25, -0.2) is 4.79 Å². The minimum absolute atomic E-state index is 0.112. The molecular formula is C13H27NO5. The van der Waals surface area contributed by atoms with Crippen LogP contribution in [0.3, 0.4) is 0 Å². The molecule has 0 unspecified atom stereocenters. The van der Waals surface area contributed by atoms with Crippen LogP contribution in [0.25, 0.3) is 0 Å². The molecule has 0 rings (SSSR count). The number of carbonyl (C=O) groups is 1. The molecule has 0 saturated heterocycles. The lowest BCUT2D eigenvalue weighted by Gasteiger charge is -2.17. The molecule has 0 atom stereocenters. The third kappa shape index (κ3) is 9.69. The van der Waals surface area contributed by atoms with Crippen LogP contribution in [0.5, 0.6) is 0 Å². The average Bonchev–Trinajstić information content (AvgIpc) is 2.44. The zero-order chi connectivity index (χ0) is 14.5. The third-order valence-corrected chi connectivity index (χ3v) is 3.00. The Bertz CT molecular complexity index is 217. The number of ether oxygens (including phenoxy) is 2. The molecule has 0 radical (unpaired) electrons. The van der Waals surface area contributed by atoms with Gasteiger partial charge in [-0.3, -0.25) is 0 Å². The Morgan fingerprint density at radius 1 is 1.11 bits per heavy atom. The first-order valence-corrected chi connectivity index (χ1v) is 6.91. The molecule has 6 nitrogen and oxygen atoms in total.